The molecule has 0 atom stereocenters. The summed E-state index contributed by atoms with van der Waals surface area (Å²) in [6.45, 7) is 3.80. The smallest absolute Gasteiger partial charge is 0.323 e. The molecule has 1 aromatic heterocycles. The summed E-state index contributed by atoms with van der Waals surface area (Å²) in [6, 6.07) is 11.6. The number of rotatable bonds is 4. The van der Waals surface area contributed by atoms with Gasteiger partial charge in [-0.15, -0.1) is 0 Å². The van der Waals surface area contributed by atoms with Crippen molar-refractivity contribution in [3.05, 3.63) is 59.4 Å². The molecule has 0 aliphatic carbocycles. The van der Waals surface area contributed by atoms with Gasteiger partial charge in [-0.1, -0.05) is 12.1 Å². The number of aliphatic carboxylic acids is 1. The van der Waals surface area contributed by atoms with Crippen LogP contribution in [0, 0.1) is 13.8 Å². The Balaban J connectivity index is 1.68. The van der Waals surface area contributed by atoms with Crippen LogP contribution < -0.4 is 10.6 Å². The number of carbonyl (C=O) groups is 2. The number of carboxylic acid groups (broad SMARTS) is 1. The van der Waals surface area contributed by atoms with E-state index >= 15 is 0 Å². The van der Waals surface area contributed by atoms with Crippen LogP contribution in [0.1, 0.15) is 17.0 Å². The molecule has 0 aliphatic rings. The number of carbonyl (C=O) groups excluding carboxylic acids is 1. The largest absolute Gasteiger partial charge is 0.481 e. The van der Waals surface area contributed by atoms with Crippen molar-refractivity contribution >= 4 is 34.4 Å². The fourth-order valence-electron chi connectivity index (χ4n) is 2.48. The Bertz CT molecular complexity index is 984. The van der Waals surface area contributed by atoms with E-state index in [1.165, 1.54) is 0 Å². The van der Waals surface area contributed by atoms with Crippen molar-refractivity contribution in [3.8, 4) is 0 Å². The van der Waals surface area contributed by atoms with E-state index < -0.39 is 12.0 Å². The minimum Gasteiger partial charge on any atom is -0.481 e. The van der Waals surface area contributed by atoms with Crippen LogP contribution in [0.3, 0.4) is 0 Å². The predicted molar refractivity (Wildman–Crippen MR) is 99.4 cm³/mol. The second-order valence-corrected chi connectivity index (χ2v) is 5.94. The van der Waals surface area contributed by atoms with Crippen LogP contribution in [0.15, 0.2) is 42.5 Å². The number of urea groups is 1. The van der Waals surface area contributed by atoms with Crippen LogP contribution in [0.2, 0.25) is 0 Å². The van der Waals surface area contributed by atoms with Gasteiger partial charge in [-0.2, -0.15) is 0 Å². The average Bonchev–Trinajstić information content (AvgIpc) is 2.57. The van der Waals surface area contributed by atoms with Gasteiger partial charge >= 0.3 is 12.0 Å². The Morgan fingerprint density at radius 3 is 2.12 bits per heavy atom. The molecule has 3 aromatic rings. The maximum Gasteiger partial charge on any atom is 0.323 e. The number of hydrogen-bond acceptors (Lipinski definition) is 4. The van der Waals surface area contributed by atoms with E-state index in [9.17, 15) is 9.59 Å². The summed E-state index contributed by atoms with van der Waals surface area (Å²) in [5, 5.41) is 14.2. The highest BCUT2D eigenvalue weighted by molar-refractivity contribution is 6.00. The molecule has 1 heterocycles. The van der Waals surface area contributed by atoms with Gasteiger partial charge in [-0.05, 0) is 49.7 Å². The number of nitrogens with zero attached hydrogens (tertiary/aromatic N) is 2. The number of hydrogen-bond donors (Lipinski definition) is 3. The normalized spacial score (nSPS) is 10.5. The molecule has 0 fully saturated rings. The van der Waals surface area contributed by atoms with Crippen LogP contribution in [0.5, 0.6) is 0 Å². The molecular weight excluding hydrogens is 332 g/mol. The van der Waals surface area contributed by atoms with Crippen molar-refractivity contribution in [1.82, 2.24) is 9.97 Å². The lowest BCUT2D eigenvalue weighted by Gasteiger charge is -2.09. The number of amides is 2. The zero-order valence-electron chi connectivity index (χ0n) is 14.4. The van der Waals surface area contributed by atoms with Crippen molar-refractivity contribution in [2.45, 2.75) is 20.3 Å². The van der Waals surface area contributed by atoms with Crippen LogP contribution in [-0.2, 0) is 11.2 Å². The van der Waals surface area contributed by atoms with E-state index in [0.29, 0.717) is 22.5 Å². The number of fused-ring (bicyclic) bond motifs is 1. The zero-order valence-corrected chi connectivity index (χ0v) is 14.4. The molecule has 7 nitrogen and oxygen atoms in total. The summed E-state index contributed by atoms with van der Waals surface area (Å²) < 4.78 is 0. The molecule has 132 valence electrons. The second-order valence-electron chi connectivity index (χ2n) is 5.94. The number of nitrogens with one attached hydrogen (secondary N) is 2. The molecule has 3 rings (SSSR count). The van der Waals surface area contributed by atoms with E-state index in [0.717, 1.165) is 16.9 Å². The van der Waals surface area contributed by atoms with Crippen molar-refractivity contribution in [2.75, 3.05) is 10.6 Å². The number of aromatic nitrogens is 2. The molecule has 0 saturated carbocycles. The molecule has 0 saturated heterocycles. The Kier molecular flexibility index (Phi) is 4.79. The van der Waals surface area contributed by atoms with Gasteiger partial charge in [-0.25, -0.2) is 14.8 Å². The highest BCUT2D eigenvalue weighted by atomic mass is 16.4. The summed E-state index contributed by atoms with van der Waals surface area (Å²) in [7, 11) is 0. The van der Waals surface area contributed by atoms with Crippen LogP contribution in [0.25, 0.3) is 11.0 Å². The summed E-state index contributed by atoms with van der Waals surface area (Å²) >= 11 is 0. The van der Waals surface area contributed by atoms with Crippen LogP contribution in [-0.4, -0.2) is 27.1 Å². The van der Waals surface area contributed by atoms with Crippen LogP contribution >= 0.6 is 0 Å². The second kappa shape index (κ2) is 7.18. The monoisotopic (exact) mass is 350 g/mol. The quantitative estimate of drug-likeness (QED) is 0.668. The highest BCUT2D eigenvalue weighted by Crippen LogP contribution is 2.18. The minimum absolute atomic E-state index is 0.0521. The Hall–Kier alpha value is -3.48. The van der Waals surface area contributed by atoms with Crippen molar-refractivity contribution in [2.24, 2.45) is 0 Å². The third-order valence-electron chi connectivity index (χ3n) is 3.90. The number of benzene rings is 2. The van der Waals surface area contributed by atoms with Crippen molar-refractivity contribution in [3.63, 3.8) is 0 Å². The third kappa shape index (κ3) is 4.13. The Labute approximate surface area is 150 Å². The van der Waals surface area contributed by atoms with Gasteiger partial charge in [0.1, 0.15) is 0 Å². The summed E-state index contributed by atoms with van der Waals surface area (Å²) in [5.41, 5.74) is 5.06. The van der Waals surface area contributed by atoms with Gasteiger partial charge in [-0.3, -0.25) is 4.79 Å². The predicted octanol–water partition coefficient (Wildman–Crippen LogP) is 3.52. The van der Waals surface area contributed by atoms with E-state index in [1.54, 1.807) is 36.4 Å². The van der Waals surface area contributed by atoms with Gasteiger partial charge in [0.2, 0.25) is 0 Å². The molecule has 0 radical (unpaired) electrons. The summed E-state index contributed by atoms with van der Waals surface area (Å²) in [5.74, 6) is -0.895. The molecule has 0 aliphatic heterocycles. The fourth-order valence-corrected chi connectivity index (χ4v) is 2.48. The number of anilines is 2. The lowest BCUT2D eigenvalue weighted by atomic mass is 10.1. The minimum atomic E-state index is -0.895. The first-order valence-electron chi connectivity index (χ1n) is 8.04. The van der Waals surface area contributed by atoms with Gasteiger partial charge < -0.3 is 15.7 Å². The van der Waals surface area contributed by atoms with Crippen LogP contribution in [0.4, 0.5) is 16.2 Å². The molecule has 3 N–H and O–H groups in total. The maximum atomic E-state index is 12.1. The molecule has 26 heavy (non-hydrogen) atoms. The highest BCUT2D eigenvalue weighted by Gasteiger charge is 2.07. The van der Waals surface area contributed by atoms with Gasteiger partial charge in [0.25, 0.3) is 0 Å². The lowest BCUT2D eigenvalue weighted by molar-refractivity contribution is -0.136. The van der Waals surface area contributed by atoms with Crippen molar-refractivity contribution in [1.29, 1.82) is 0 Å². The average molecular weight is 350 g/mol. The third-order valence-corrected chi connectivity index (χ3v) is 3.90. The molecule has 2 amide bonds. The zero-order chi connectivity index (χ0) is 18.7. The first kappa shape index (κ1) is 17.3. The number of carboxylic acids is 1. The molecular formula is C19H18N4O3. The standard InChI is InChI=1S/C19H18N4O3/c1-11-12(2)21-17-10-15(7-8-16(17)20-11)23-19(26)22-14-5-3-13(4-6-14)9-18(24)25/h3-8,10H,9H2,1-2H3,(H,24,25)(H2,22,23,26). The molecule has 0 spiro atoms. The first-order chi connectivity index (χ1) is 12.4. The van der Waals surface area contributed by atoms with Gasteiger partial charge in [0, 0.05) is 11.4 Å². The fraction of sp³-hybridized carbons (Fsp3) is 0.158. The molecule has 0 unspecified atom stereocenters. The molecule has 0 bridgehead atoms. The molecule has 7 heteroatoms. The van der Waals surface area contributed by atoms with E-state index in [-0.39, 0.29) is 6.42 Å². The van der Waals surface area contributed by atoms with Gasteiger partial charge in [0.15, 0.2) is 0 Å². The molecule has 2 aromatic carbocycles. The van der Waals surface area contributed by atoms with Gasteiger partial charge in [0.05, 0.1) is 28.8 Å². The summed E-state index contributed by atoms with van der Waals surface area (Å²) in [6.07, 6.45) is -0.0521. The van der Waals surface area contributed by atoms with E-state index in [1.807, 2.05) is 19.9 Å². The summed E-state index contributed by atoms with van der Waals surface area (Å²) in [4.78, 5) is 31.8. The maximum absolute atomic E-state index is 12.1. The topological polar surface area (TPSA) is 104 Å². The Morgan fingerprint density at radius 1 is 0.885 bits per heavy atom. The lowest BCUT2D eigenvalue weighted by Crippen LogP contribution is -2.19. The Morgan fingerprint density at radius 2 is 1.46 bits per heavy atom. The van der Waals surface area contributed by atoms with E-state index in [2.05, 4.69) is 20.6 Å². The van der Waals surface area contributed by atoms with E-state index in [4.69, 9.17) is 5.11 Å². The van der Waals surface area contributed by atoms with Crippen molar-refractivity contribution < 1.29 is 14.7 Å². The SMILES string of the molecule is Cc1nc2ccc(NC(=O)Nc3ccc(CC(=O)O)cc3)cc2nc1C. The first-order valence-corrected chi connectivity index (χ1v) is 8.04. The number of aryl methyl sites for hydroxylation is 2.